The monoisotopic (exact) mass is 261 g/mol. The van der Waals surface area contributed by atoms with Crippen LogP contribution in [0, 0.1) is 17.5 Å². The number of hydrogen-bond acceptors (Lipinski definition) is 1. The molecule has 5 heteroatoms. The van der Waals surface area contributed by atoms with Crippen molar-refractivity contribution in [3.05, 3.63) is 40.3 Å². The molecule has 1 aromatic heterocycles. The Balaban J connectivity index is 2.95. The van der Waals surface area contributed by atoms with Crippen molar-refractivity contribution < 1.29 is 13.2 Å². The van der Waals surface area contributed by atoms with Gasteiger partial charge in [-0.3, -0.25) is 0 Å². The molecule has 14 heavy (non-hydrogen) atoms. The van der Waals surface area contributed by atoms with Crippen molar-refractivity contribution in [2.45, 2.75) is 0 Å². The summed E-state index contributed by atoms with van der Waals surface area (Å²) in [5.74, 6) is -3.19. The van der Waals surface area contributed by atoms with Gasteiger partial charge in [-0.25, -0.2) is 18.2 Å². The van der Waals surface area contributed by atoms with Gasteiger partial charge in [-0.1, -0.05) is 0 Å². The van der Waals surface area contributed by atoms with Crippen LogP contribution in [-0.2, 0) is 0 Å². The minimum absolute atomic E-state index is 0.0351. The molecule has 1 heterocycles. The zero-order chi connectivity index (χ0) is 10.3. The Labute approximate surface area is 85.7 Å². The van der Waals surface area contributed by atoms with E-state index in [2.05, 4.69) is 20.9 Å². The molecule has 0 aliphatic rings. The highest BCUT2D eigenvalue weighted by molar-refractivity contribution is 9.10. The van der Waals surface area contributed by atoms with Gasteiger partial charge in [0.2, 0.25) is 0 Å². The number of benzene rings is 1. The molecule has 2 aromatic rings. The van der Waals surface area contributed by atoms with Crippen molar-refractivity contribution in [3.63, 3.8) is 0 Å². The first-order valence-electron chi connectivity index (χ1n) is 3.69. The van der Waals surface area contributed by atoms with Crippen LogP contribution in [0.5, 0.6) is 0 Å². The zero-order valence-electron chi connectivity index (χ0n) is 6.69. The Hall–Kier alpha value is -1.10. The van der Waals surface area contributed by atoms with Crippen LogP contribution < -0.4 is 0 Å². The van der Waals surface area contributed by atoms with Crippen LogP contribution in [0.2, 0.25) is 0 Å². The van der Waals surface area contributed by atoms with E-state index < -0.39 is 17.5 Å². The summed E-state index contributed by atoms with van der Waals surface area (Å²) in [4.78, 5) is 3.66. The lowest BCUT2D eigenvalue weighted by Crippen LogP contribution is -1.93. The van der Waals surface area contributed by atoms with Crippen LogP contribution in [0.25, 0.3) is 10.9 Å². The first kappa shape index (κ1) is 9.45. The maximum absolute atomic E-state index is 13.1. The Bertz CT molecular complexity index is 513. The molecule has 0 atom stereocenters. The van der Waals surface area contributed by atoms with Gasteiger partial charge in [-0.15, -0.1) is 0 Å². The SMILES string of the molecule is Fc1cc(F)c2ccc(Br)nc2c1F. The summed E-state index contributed by atoms with van der Waals surface area (Å²) < 4.78 is 39.3. The van der Waals surface area contributed by atoms with Gasteiger partial charge in [-0.2, -0.15) is 0 Å². The van der Waals surface area contributed by atoms with E-state index in [-0.39, 0.29) is 10.9 Å². The number of fused-ring (bicyclic) bond motifs is 1. The van der Waals surface area contributed by atoms with Gasteiger partial charge in [0.1, 0.15) is 15.9 Å². The summed E-state index contributed by atoms with van der Waals surface area (Å²) in [5.41, 5.74) is -0.308. The molecule has 0 saturated carbocycles. The first-order chi connectivity index (χ1) is 6.59. The fourth-order valence-electron chi connectivity index (χ4n) is 1.16. The van der Waals surface area contributed by atoms with Gasteiger partial charge in [0.15, 0.2) is 11.6 Å². The summed E-state index contributed by atoms with van der Waals surface area (Å²) in [6.07, 6.45) is 0. The largest absolute Gasteiger partial charge is 0.238 e. The smallest absolute Gasteiger partial charge is 0.185 e. The highest BCUT2D eigenvalue weighted by Gasteiger charge is 2.13. The molecule has 0 fully saturated rings. The van der Waals surface area contributed by atoms with Crippen LogP contribution in [0.15, 0.2) is 22.8 Å². The van der Waals surface area contributed by atoms with Crippen molar-refractivity contribution in [2.24, 2.45) is 0 Å². The van der Waals surface area contributed by atoms with Crippen molar-refractivity contribution in [2.75, 3.05) is 0 Å². The molecule has 0 amide bonds. The summed E-state index contributed by atoms with van der Waals surface area (Å²) in [7, 11) is 0. The van der Waals surface area contributed by atoms with E-state index in [4.69, 9.17) is 0 Å². The molecule has 0 spiro atoms. The average Bonchev–Trinajstić information content (AvgIpc) is 2.14. The second kappa shape index (κ2) is 3.24. The van der Waals surface area contributed by atoms with Crippen LogP contribution in [0.3, 0.4) is 0 Å². The van der Waals surface area contributed by atoms with Gasteiger partial charge in [0.25, 0.3) is 0 Å². The maximum Gasteiger partial charge on any atom is 0.185 e. The molecule has 72 valence electrons. The molecular formula is C9H3BrF3N. The predicted octanol–water partition coefficient (Wildman–Crippen LogP) is 3.41. The highest BCUT2D eigenvalue weighted by Crippen LogP contribution is 2.23. The molecule has 0 unspecified atom stereocenters. The molecule has 0 N–H and O–H groups in total. The van der Waals surface area contributed by atoms with Gasteiger partial charge in [-0.05, 0) is 28.1 Å². The van der Waals surface area contributed by atoms with E-state index in [1.165, 1.54) is 12.1 Å². The fourth-order valence-corrected chi connectivity index (χ4v) is 1.47. The van der Waals surface area contributed by atoms with E-state index in [1.807, 2.05) is 0 Å². The average molecular weight is 262 g/mol. The van der Waals surface area contributed by atoms with E-state index in [0.717, 1.165) is 0 Å². The van der Waals surface area contributed by atoms with E-state index in [1.54, 1.807) is 0 Å². The van der Waals surface area contributed by atoms with Crippen molar-refractivity contribution in [3.8, 4) is 0 Å². The van der Waals surface area contributed by atoms with Crippen molar-refractivity contribution >= 4 is 26.8 Å². The predicted molar refractivity (Wildman–Crippen MR) is 49.3 cm³/mol. The zero-order valence-corrected chi connectivity index (χ0v) is 8.28. The van der Waals surface area contributed by atoms with Crippen molar-refractivity contribution in [1.82, 2.24) is 4.98 Å². The molecule has 0 saturated heterocycles. The standard InChI is InChI=1S/C9H3BrF3N/c10-7-2-1-4-5(11)3-6(12)8(13)9(4)14-7/h1-3H. The van der Waals surface area contributed by atoms with E-state index in [0.29, 0.717) is 10.7 Å². The van der Waals surface area contributed by atoms with Crippen molar-refractivity contribution in [1.29, 1.82) is 0 Å². The third-order valence-electron chi connectivity index (χ3n) is 1.79. The number of pyridine rings is 1. The molecular weight excluding hydrogens is 259 g/mol. The normalized spacial score (nSPS) is 10.9. The maximum atomic E-state index is 13.1. The van der Waals surface area contributed by atoms with E-state index in [9.17, 15) is 13.2 Å². The molecule has 0 radical (unpaired) electrons. The molecule has 0 bridgehead atoms. The van der Waals surface area contributed by atoms with Gasteiger partial charge in [0, 0.05) is 11.5 Å². The summed E-state index contributed by atoms with van der Waals surface area (Å²) in [5, 5.41) is -0.0351. The minimum atomic E-state index is -1.24. The molecule has 1 nitrogen and oxygen atoms in total. The number of rotatable bonds is 0. The Morgan fingerprint density at radius 2 is 1.79 bits per heavy atom. The second-order valence-corrected chi connectivity index (χ2v) is 3.50. The molecule has 1 aromatic carbocycles. The van der Waals surface area contributed by atoms with Crippen LogP contribution in [0.1, 0.15) is 0 Å². The summed E-state index contributed by atoms with van der Waals surface area (Å²) in [6.45, 7) is 0. The highest BCUT2D eigenvalue weighted by atomic mass is 79.9. The lowest BCUT2D eigenvalue weighted by Gasteiger charge is -2.01. The second-order valence-electron chi connectivity index (χ2n) is 2.68. The van der Waals surface area contributed by atoms with Gasteiger partial charge in [0.05, 0.1) is 0 Å². The van der Waals surface area contributed by atoms with Gasteiger partial charge < -0.3 is 0 Å². The van der Waals surface area contributed by atoms with Crippen LogP contribution >= 0.6 is 15.9 Å². The minimum Gasteiger partial charge on any atom is -0.238 e. The lowest BCUT2D eigenvalue weighted by molar-refractivity contribution is 0.504. The number of halogens is 4. The number of hydrogen-bond donors (Lipinski definition) is 0. The Morgan fingerprint density at radius 3 is 2.50 bits per heavy atom. The summed E-state index contributed by atoms with van der Waals surface area (Å²) >= 11 is 2.99. The van der Waals surface area contributed by atoms with Crippen LogP contribution in [0.4, 0.5) is 13.2 Å². The van der Waals surface area contributed by atoms with Crippen LogP contribution in [-0.4, -0.2) is 4.98 Å². The number of nitrogens with zero attached hydrogens (tertiary/aromatic N) is 1. The Kier molecular flexibility index (Phi) is 2.19. The molecule has 0 aliphatic heterocycles. The number of aromatic nitrogens is 1. The Morgan fingerprint density at radius 1 is 1.07 bits per heavy atom. The fraction of sp³-hybridized carbons (Fsp3) is 0. The molecule has 0 aliphatic carbocycles. The quantitative estimate of drug-likeness (QED) is 0.523. The first-order valence-corrected chi connectivity index (χ1v) is 4.48. The third-order valence-corrected chi connectivity index (χ3v) is 2.23. The third kappa shape index (κ3) is 1.37. The van der Waals surface area contributed by atoms with E-state index >= 15 is 0 Å². The summed E-state index contributed by atoms with van der Waals surface area (Å²) in [6, 6.07) is 3.31. The molecule has 2 rings (SSSR count). The topological polar surface area (TPSA) is 12.9 Å². The lowest BCUT2D eigenvalue weighted by atomic mass is 10.2. The van der Waals surface area contributed by atoms with Gasteiger partial charge >= 0.3 is 0 Å².